The Morgan fingerprint density at radius 2 is 1.62 bits per heavy atom. The van der Waals surface area contributed by atoms with Gasteiger partial charge >= 0.3 is 12.1 Å². The van der Waals surface area contributed by atoms with E-state index in [0.717, 1.165) is 16.8 Å². The number of aromatic nitrogens is 2. The molecule has 0 radical (unpaired) electrons. The Labute approximate surface area is 232 Å². The number of benzene rings is 2. The second-order valence-electron chi connectivity index (χ2n) is 11.2. The molecule has 39 heavy (non-hydrogen) atoms. The van der Waals surface area contributed by atoms with Gasteiger partial charge in [-0.05, 0) is 44.2 Å². The van der Waals surface area contributed by atoms with Crippen LogP contribution in [-0.2, 0) is 33.7 Å². The van der Waals surface area contributed by atoms with Crippen LogP contribution in [0.5, 0.6) is 0 Å². The van der Waals surface area contributed by atoms with Crippen LogP contribution < -0.4 is 5.32 Å². The standard InChI is InChI=1S/C31H42N4O4/c1-23(2)20-35(30(37)39-31(3,4)5)27(16-24-12-8-6-9-13-24)19-33-28(17-26-18-32-22-34-26)29(36)38-21-25-14-10-7-11-15-25/h6-15,18,22-23,27-28,33H,16-17,19-21H2,1-5H3,(H,32,34)/t27-,28-/m0/s1. The molecule has 3 aromatic rings. The van der Waals surface area contributed by atoms with Gasteiger partial charge in [-0.25, -0.2) is 9.78 Å². The summed E-state index contributed by atoms with van der Waals surface area (Å²) >= 11 is 0. The summed E-state index contributed by atoms with van der Waals surface area (Å²) in [5, 5.41) is 3.41. The number of carbonyl (C=O) groups is 2. The molecule has 0 unspecified atom stereocenters. The Hall–Kier alpha value is -3.65. The van der Waals surface area contributed by atoms with E-state index in [1.807, 2.05) is 81.4 Å². The largest absolute Gasteiger partial charge is 0.460 e. The van der Waals surface area contributed by atoms with Crippen molar-refractivity contribution in [2.24, 2.45) is 5.92 Å². The van der Waals surface area contributed by atoms with E-state index in [2.05, 4.69) is 29.1 Å². The van der Waals surface area contributed by atoms with Crippen molar-refractivity contribution >= 4 is 12.1 Å². The first-order valence-electron chi connectivity index (χ1n) is 13.6. The highest BCUT2D eigenvalue weighted by Crippen LogP contribution is 2.17. The molecule has 210 valence electrons. The van der Waals surface area contributed by atoms with Crippen LogP contribution in [0.3, 0.4) is 0 Å². The summed E-state index contributed by atoms with van der Waals surface area (Å²) in [6.07, 6.45) is 3.95. The Morgan fingerprint density at radius 1 is 0.974 bits per heavy atom. The minimum atomic E-state index is -0.644. The van der Waals surface area contributed by atoms with Crippen LogP contribution in [0.4, 0.5) is 4.79 Å². The lowest BCUT2D eigenvalue weighted by Gasteiger charge is -2.35. The molecule has 0 aliphatic carbocycles. The molecule has 8 heteroatoms. The van der Waals surface area contributed by atoms with E-state index >= 15 is 0 Å². The summed E-state index contributed by atoms with van der Waals surface area (Å²) in [5.41, 5.74) is 2.13. The fraction of sp³-hybridized carbons (Fsp3) is 0.452. The number of rotatable bonds is 13. The van der Waals surface area contributed by atoms with Crippen molar-refractivity contribution in [3.05, 3.63) is 90.0 Å². The number of nitrogens with zero attached hydrogens (tertiary/aromatic N) is 2. The Kier molecular flexibility index (Phi) is 11.1. The smallest absolute Gasteiger partial charge is 0.410 e. The minimum absolute atomic E-state index is 0.184. The van der Waals surface area contributed by atoms with Crippen molar-refractivity contribution in [1.82, 2.24) is 20.2 Å². The second-order valence-corrected chi connectivity index (χ2v) is 11.2. The number of imidazole rings is 1. The summed E-state index contributed by atoms with van der Waals surface area (Å²) in [4.78, 5) is 35.7. The van der Waals surface area contributed by atoms with Crippen molar-refractivity contribution in [1.29, 1.82) is 0 Å². The molecule has 0 aliphatic rings. The zero-order valence-corrected chi connectivity index (χ0v) is 23.7. The van der Waals surface area contributed by atoms with Gasteiger partial charge in [-0.1, -0.05) is 74.5 Å². The second kappa shape index (κ2) is 14.5. The fourth-order valence-electron chi connectivity index (χ4n) is 4.22. The van der Waals surface area contributed by atoms with Gasteiger partial charge in [-0.2, -0.15) is 0 Å². The summed E-state index contributed by atoms with van der Waals surface area (Å²) < 4.78 is 11.5. The van der Waals surface area contributed by atoms with Gasteiger partial charge in [-0.3, -0.25) is 4.79 Å². The molecule has 0 aliphatic heterocycles. The first-order chi connectivity index (χ1) is 18.6. The van der Waals surface area contributed by atoms with Crippen LogP contribution >= 0.6 is 0 Å². The summed E-state index contributed by atoms with van der Waals surface area (Å²) in [7, 11) is 0. The van der Waals surface area contributed by atoms with Crippen molar-refractivity contribution in [2.75, 3.05) is 13.1 Å². The van der Waals surface area contributed by atoms with Crippen LogP contribution in [-0.4, -0.2) is 57.7 Å². The molecule has 1 amide bonds. The van der Waals surface area contributed by atoms with Crippen LogP contribution in [0.1, 0.15) is 51.4 Å². The third-order valence-corrected chi connectivity index (χ3v) is 6.02. The highest BCUT2D eigenvalue weighted by molar-refractivity contribution is 5.76. The molecule has 1 heterocycles. The SMILES string of the molecule is CC(C)CN(C(=O)OC(C)(C)C)[C@H](CN[C@@H](Cc1c[nH]cn1)C(=O)OCc1ccccc1)Cc1ccccc1. The number of hydrogen-bond acceptors (Lipinski definition) is 6. The molecule has 0 saturated carbocycles. The van der Waals surface area contributed by atoms with Crippen LogP contribution in [0.15, 0.2) is 73.2 Å². The van der Waals surface area contributed by atoms with E-state index in [1.165, 1.54) is 0 Å². The lowest BCUT2D eigenvalue weighted by Crippen LogP contribution is -2.53. The van der Waals surface area contributed by atoms with Crippen LogP contribution in [0.2, 0.25) is 0 Å². The van der Waals surface area contributed by atoms with Gasteiger partial charge in [0.2, 0.25) is 0 Å². The van der Waals surface area contributed by atoms with Gasteiger partial charge in [0.05, 0.1) is 18.1 Å². The predicted molar refractivity (Wildman–Crippen MR) is 152 cm³/mol. The van der Waals surface area contributed by atoms with Crippen molar-refractivity contribution in [3.8, 4) is 0 Å². The molecule has 2 atom stereocenters. The molecule has 0 bridgehead atoms. The maximum Gasteiger partial charge on any atom is 0.410 e. The molecule has 1 aromatic heterocycles. The first kappa shape index (κ1) is 29.9. The molecule has 2 N–H and O–H groups in total. The highest BCUT2D eigenvalue weighted by Gasteiger charge is 2.31. The van der Waals surface area contributed by atoms with Crippen molar-refractivity contribution in [3.63, 3.8) is 0 Å². The quantitative estimate of drug-likeness (QED) is 0.294. The Morgan fingerprint density at radius 3 is 2.18 bits per heavy atom. The lowest BCUT2D eigenvalue weighted by molar-refractivity contribution is -0.147. The monoisotopic (exact) mass is 534 g/mol. The zero-order valence-electron chi connectivity index (χ0n) is 23.7. The molecule has 0 spiro atoms. The summed E-state index contributed by atoms with van der Waals surface area (Å²) in [5.74, 6) is -0.139. The number of H-pyrrole nitrogens is 1. The molecular formula is C31H42N4O4. The number of esters is 1. The summed E-state index contributed by atoms with van der Waals surface area (Å²) in [6, 6.07) is 18.7. The summed E-state index contributed by atoms with van der Waals surface area (Å²) in [6.45, 7) is 10.8. The number of nitrogens with one attached hydrogen (secondary N) is 2. The maximum atomic E-state index is 13.4. The molecular weight excluding hydrogens is 492 g/mol. The van der Waals surface area contributed by atoms with Gasteiger partial charge in [0.25, 0.3) is 0 Å². The van der Waals surface area contributed by atoms with E-state index in [9.17, 15) is 9.59 Å². The van der Waals surface area contributed by atoms with E-state index in [0.29, 0.717) is 25.9 Å². The van der Waals surface area contributed by atoms with Crippen LogP contribution in [0, 0.1) is 5.92 Å². The number of carbonyl (C=O) groups excluding carboxylic acids is 2. The Balaban J connectivity index is 1.81. The molecule has 8 nitrogen and oxygen atoms in total. The first-order valence-corrected chi connectivity index (χ1v) is 13.6. The van der Waals surface area contributed by atoms with E-state index in [1.54, 1.807) is 17.4 Å². The molecule has 3 rings (SSSR count). The predicted octanol–water partition coefficient (Wildman–Crippen LogP) is 5.16. The number of ether oxygens (including phenoxy) is 2. The molecule has 0 fully saturated rings. The highest BCUT2D eigenvalue weighted by atomic mass is 16.6. The number of aromatic amines is 1. The molecule has 0 saturated heterocycles. The normalized spacial score (nSPS) is 13.1. The number of hydrogen-bond donors (Lipinski definition) is 2. The van der Waals surface area contributed by atoms with Gasteiger partial charge in [0.15, 0.2) is 0 Å². The van der Waals surface area contributed by atoms with Crippen LogP contribution in [0.25, 0.3) is 0 Å². The van der Waals surface area contributed by atoms with Gasteiger partial charge in [-0.15, -0.1) is 0 Å². The lowest BCUT2D eigenvalue weighted by atomic mass is 10.0. The molecule has 2 aromatic carbocycles. The van der Waals surface area contributed by atoms with E-state index in [-0.39, 0.29) is 30.6 Å². The zero-order chi connectivity index (χ0) is 28.3. The van der Waals surface area contributed by atoms with Gasteiger partial charge in [0.1, 0.15) is 18.2 Å². The average molecular weight is 535 g/mol. The minimum Gasteiger partial charge on any atom is -0.460 e. The third-order valence-electron chi connectivity index (χ3n) is 6.02. The third kappa shape index (κ3) is 10.6. The Bertz CT molecular complexity index is 1130. The fourth-order valence-corrected chi connectivity index (χ4v) is 4.22. The van der Waals surface area contributed by atoms with E-state index < -0.39 is 11.6 Å². The number of amides is 1. The average Bonchev–Trinajstić information content (AvgIpc) is 3.41. The maximum absolute atomic E-state index is 13.4. The van der Waals surface area contributed by atoms with Gasteiger partial charge < -0.3 is 24.7 Å². The topological polar surface area (TPSA) is 96.5 Å². The van der Waals surface area contributed by atoms with E-state index in [4.69, 9.17) is 9.47 Å². The van der Waals surface area contributed by atoms with Crippen molar-refractivity contribution < 1.29 is 19.1 Å². The van der Waals surface area contributed by atoms with Gasteiger partial charge in [0, 0.05) is 25.7 Å². The van der Waals surface area contributed by atoms with Crippen molar-refractivity contribution in [2.45, 2.75) is 71.8 Å².